The Balaban J connectivity index is 2.46. The fraction of sp³-hybridized carbons (Fsp3) is 0.500. The van der Waals surface area contributed by atoms with Crippen molar-refractivity contribution in [3.05, 3.63) is 30.1 Å². The van der Waals surface area contributed by atoms with Crippen molar-refractivity contribution >= 4 is 0 Å². The lowest BCUT2D eigenvalue weighted by Crippen LogP contribution is -2.32. The quantitative estimate of drug-likeness (QED) is 0.807. The average molecular weight is 211 g/mol. The first-order valence-electron chi connectivity index (χ1n) is 5.06. The predicted molar refractivity (Wildman–Crippen MR) is 59.6 cm³/mol. The number of hydrogen-bond donors (Lipinski definition) is 1. The Morgan fingerprint density at radius 1 is 1.27 bits per heavy atom. The van der Waals surface area contributed by atoms with E-state index in [1.165, 1.54) is 12.1 Å². The van der Waals surface area contributed by atoms with Crippen molar-refractivity contribution in [1.82, 2.24) is 5.32 Å². The standard InChI is InChI=1S/C12H18FNO/c1-12(2,8-14-3)9-15-11-6-4-10(13)5-7-11/h4-7,14H,8-9H2,1-3H3. The first kappa shape index (κ1) is 12.0. The van der Waals surface area contributed by atoms with Gasteiger partial charge in [-0.1, -0.05) is 13.8 Å². The summed E-state index contributed by atoms with van der Waals surface area (Å²) in [6.07, 6.45) is 0. The molecule has 0 radical (unpaired) electrons. The second kappa shape index (κ2) is 5.12. The molecule has 15 heavy (non-hydrogen) atoms. The van der Waals surface area contributed by atoms with Gasteiger partial charge < -0.3 is 10.1 Å². The normalized spacial score (nSPS) is 11.5. The summed E-state index contributed by atoms with van der Waals surface area (Å²) in [4.78, 5) is 0. The van der Waals surface area contributed by atoms with Gasteiger partial charge in [-0.2, -0.15) is 0 Å². The van der Waals surface area contributed by atoms with Gasteiger partial charge >= 0.3 is 0 Å². The lowest BCUT2D eigenvalue weighted by Gasteiger charge is -2.24. The van der Waals surface area contributed by atoms with E-state index in [1.54, 1.807) is 12.1 Å². The highest BCUT2D eigenvalue weighted by Gasteiger charge is 2.17. The maximum Gasteiger partial charge on any atom is 0.123 e. The molecule has 0 atom stereocenters. The number of ether oxygens (including phenoxy) is 1. The van der Waals surface area contributed by atoms with Crippen LogP contribution in [-0.4, -0.2) is 20.2 Å². The molecule has 1 rings (SSSR count). The van der Waals surface area contributed by atoms with Gasteiger partial charge in [0.1, 0.15) is 11.6 Å². The second-order valence-electron chi connectivity index (χ2n) is 4.44. The molecule has 0 aliphatic carbocycles. The van der Waals surface area contributed by atoms with Gasteiger partial charge in [0.05, 0.1) is 6.61 Å². The van der Waals surface area contributed by atoms with Gasteiger partial charge in [0.25, 0.3) is 0 Å². The molecule has 0 amide bonds. The van der Waals surface area contributed by atoms with E-state index in [2.05, 4.69) is 19.2 Å². The number of benzene rings is 1. The average Bonchev–Trinajstić information content (AvgIpc) is 2.17. The highest BCUT2D eigenvalue weighted by Crippen LogP contribution is 2.17. The Kier molecular flexibility index (Phi) is 4.09. The smallest absolute Gasteiger partial charge is 0.123 e. The van der Waals surface area contributed by atoms with Gasteiger partial charge in [-0.05, 0) is 31.3 Å². The number of halogens is 1. The molecule has 0 unspecified atom stereocenters. The summed E-state index contributed by atoms with van der Waals surface area (Å²) in [5.41, 5.74) is 0.0726. The molecule has 1 N–H and O–H groups in total. The zero-order valence-electron chi connectivity index (χ0n) is 9.51. The second-order valence-corrected chi connectivity index (χ2v) is 4.44. The molecule has 0 spiro atoms. The van der Waals surface area contributed by atoms with Gasteiger partial charge in [0, 0.05) is 12.0 Å². The molecule has 0 aliphatic rings. The highest BCUT2D eigenvalue weighted by atomic mass is 19.1. The van der Waals surface area contributed by atoms with Crippen LogP contribution in [0.1, 0.15) is 13.8 Å². The van der Waals surface area contributed by atoms with Crippen LogP contribution in [0.3, 0.4) is 0 Å². The molecule has 0 saturated carbocycles. The fourth-order valence-corrected chi connectivity index (χ4v) is 1.34. The summed E-state index contributed by atoms with van der Waals surface area (Å²) in [6, 6.07) is 6.09. The van der Waals surface area contributed by atoms with Gasteiger partial charge in [0.2, 0.25) is 0 Å². The van der Waals surface area contributed by atoms with E-state index in [4.69, 9.17) is 4.74 Å². The van der Waals surface area contributed by atoms with E-state index < -0.39 is 0 Å². The summed E-state index contributed by atoms with van der Waals surface area (Å²) in [5, 5.41) is 3.11. The van der Waals surface area contributed by atoms with Gasteiger partial charge in [-0.15, -0.1) is 0 Å². The Morgan fingerprint density at radius 3 is 2.40 bits per heavy atom. The largest absolute Gasteiger partial charge is 0.493 e. The number of rotatable bonds is 5. The third-order valence-electron chi connectivity index (χ3n) is 2.10. The van der Waals surface area contributed by atoms with Crippen molar-refractivity contribution in [3.63, 3.8) is 0 Å². The summed E-state index contributed by atoms with van der Waals surface area (Å²) >= 11 is 0. The van der Waals surface area contributed by atoms with Gasteiger partial charge in [0.15, 0.2) is 0 Å². The van der Waals surface area contributed by atoms with E-state index in [1.807, 2.05) is 7.05 Å². The van der Waals surface area contributed by atoms with Crippen molar-refractivity contribution in [3.8, 4) is 5.75 Å². The van der Waals surface area contributed by atoms with Crippen LogP contribution >= 0.6 is 0 Å². The zero-order valence-corrected chi connectivity index (χ0v) is 9.51. The Labute approximate surface area is 90.4 Å². The van der Waals surface area contributed by atoms with Crippen LogP contribution in [0, 0.1) is 11.2 Å². The summed E-state index contributed by atoms with van der Waals surface area (Å²) < 4.78 is 18.2. The Hall–Kier alpha value is -1.09. The van der Waals surface area contributed by atoms with E-state index in [0.29, 0.717) is 12.4 Å². The van der Waals surface area contributed by atoms with Gasteiger partial charge in [-0.3, -0.25) is 0 Å². The molecule has 0 fully saturated rings. The maximum atomic E-state index is 12.6. The SMILES string of the molecule is CNCC(C)(C)COc1ccc(F)cc1. The van der Waals surface area contributed by atoms with Crippen LogP contribution in [0.5, 0.6) is 5.75 Å². The molecule has 1 aromatic carbocycles. The maximum absolute atomic E-state index is 12.6. The van der Waals surface area contributed by atoms with Crippen molar-refractivity contribution in [2.45, 2.75) is 13.8 Å². The molecular formula is C12H18FNO. The molecule has 0 aliphatic heterocycles. The van der Waals surface area contributed by atoms with Crippen LogP contribution in [0.15, 0.2) is 24.3 Å². The minimum atomic E-state index is -0.239. The van der Waals surface area contributed by atoms with Gasteiger partial charge in [-0.25, -0.2) is 4.39 Å². The molecule has 0 heterocycles. The van der Waals surface area contributed by atoms with Crippen LogP contribution < -0.4 is 10.1 Å². The Morgan fingerprint density at radius 2 is 1.87 bits per heavy atom. The van der Waals surface area contributed by atoms with E-state index >= 15 is 0 Å². The van der Waals surface area contributed by atoms with E-state index in [0.717, 1.165) is 6.54 Å². The lowest BCUT2D eigenvalue weighted by atomic mass is 9.95. The minimum Gasteiger partial charge on any atom is -0.493 e. The van der Waals surface area contributed by atoms with Crippen molar-refractivity contribution in [2.24, 2.45) is 5.41 Å². The number of hydrogen-bond acceptors (Lipinski definition) is 2. The number of nitrogens with one attached hydrogen (secondary N) is 1. The topological polar surface area (TPSA) is 21.3 Å². The van der Waals surface area contributed by atoms with Crippen LogP contribution in [0.2, 0.25) is 0 Å². The lowest BCUT2D eigenvalue weighted by molar-refractivity contribution is 0.179. The summed E-state index contributed by atoms with van der Waals surface area (Å²) in [5.74, 6) is 0.470. The first-order valence-corrected chi connectivity index (χ1v) is 5.06. The first-order chi connectivity index (χ1) is 7.03. The fourth-order valence-electron chi connectivity index (χ4n) is 1.34. The van der Waals surface area contributed by atoms with Crippen LogP contribution in [-0.2, 0) is 0 Å². The molecule has 3 heteroatoms. The van der Waals surface area contributed by atoms with Crippen molar-refractivity contribution in [2.75, 3.05) is 20.2 Å². The molecule has 84 valence electrons. The highest BCUT2D eigenvalue weighted by molar-refractivity contribution is 5.22. The van der Waals surface area contributed by atoms with E-state index in [-0.39, 0.29) is 11.2 Å². The van der Waals surface area contributed by atoms with Crippen molar-refractivity contribution in [1.29, 1.82) is 0 Å². The zero-order chi connectivity index (χ0) is 11.3. The molecular weight excluding hydrogens is 193 g/mol. The third kappa shape index (κ3) is 4.30. The van der Waals surface area contributed by atoms with Crippen molar-refractivity contribution < 1.29 is 9.13 Å². The third-order valence-corrected chi connectivity index (χ3v) is 2.10. The molecule has 1 aromatic rings. The monoisotopic (exact) mass is 211 g/mol. The summed E-state index contributed by atoms with van der Waals surface area (Å²) in [7, 11) is 1.92. The summed E-state index contributed by atoms with van der Waals surface area (Å²) in [6.45, 7) is 5.73. The Bertz CT molecular complexity index is 295. The van der Waals surface area contributed by atoms with E-state index in [9.17, 15) is 4.39 Å². The molecule has 0 bridgehead atoms. The minimum absolute atomic E-state index is 0.0726. The predicted octanol–water partition coefficient (Wildman–Crippen LogP) is 2.45. The molecule has 0 saturated heterocycles. The van der Waals surface area contributed by atoms with Crippen LogP contribution in [0.25, 0.3) is 0 Å². The van der Waals surface area contributed by atoms with Crippen LogP contribution in [0.4, 0.5) is 4.39 Å². The molecule has 0 aromatic heterocycles. The molecule has 2 nitrogen and oxygen atoms in total.